The van der Waals surface area contributed by atoms with E-state index in [0.29, 0.717) is 5.92 Å². The summed E-state index contributed by atoms with van der Waals surface area (Å²) in [5, 5.41) is 6.81. The molecule has 3 rings (SSSR count). The molecule has 1 saturated heterocycles. The molecule has 1 fully saturated rings. The molecule has 0 bridgehead atoms. The number of rotatable bonds is 4. The van der Waals surface area contributed by atoms with Crippen molar-refractivity contribution < 1.29 is 4.79 Å². The smallest absolute Gasteiger partial charge is 0.253 e. The van der Waals surface area contributed by atoms with Gasteiger partial charge in [0.05, 0.1) is 6.20 Å². The van der Waals surface area contributed by atoms with Crippen LogP contribution in [0.3, 0.4) is 0 Å². The molecule has 0 aliphatic carbocycles. The summed E-state index contributed by atoms with van der Waals surface area (Å²) in [6, 6.07) is 8.03. The first kappa shape index (κ1) is 15.7. The number of nitrogens with zero attached hydrogens (tertiary/aromatic N) is 3. The molecule has 2 heterocycles. The van der Waals surface area contributed by atoms with Crippen LogP contribution in [0.4, 0.5) is 0 Å². The third-order valence-corrected chi connectivity index (χ3v) is 4.44. The van der Waals surface area contributed by atoms with Gasteiger partial charge in [0, 0.05) is 50.0 Å². The lowest BCUT2D eigenvalue weighted by Gasteiger charge is -2.34. The van der Waals surface area contributed by atoms with Gasteiger partial charge in [0.1, 0.15) is 0 Å². The molecule has 1 N–H and O–H groups in total. The summed E-state index contributed by atoms with van der Waals surface area (Å²) in [6.45, 7) is 8.58. The molecule has 5 nitrogen and oxygen atoms in total. The molecular formula is C18H24N4O. The van der Waals surface area contributed by atoms with Gasteiger partial charge in [0.15, 0.2) is 0 Å². The van der Waals surface area contributed by atoms with E-state index in [1.807, 2.05) is 29.4 Å². The van der Waals surface area contributed by atoms with Gasteiger partial charge in [0.25, 0.3) is 5.91 Å². The van der Waals surface area contributed by atoms with Crippen LogP contribution in [0.25, 0.3) is 0 Å². The largest absolute Gasteiger partial charge is 0.336 e. The lowest BCUT2D eigenvalue weighted by atomic mass is 10.0. The van der Waals surface area contributed by atoms with Crippen LogP contribution in [-0.2, 0) is 6.54 Å². The third-order valence-electron chi connectivity index (χ3n) is 4.44. The van der Waals surface area contributed by atoms with Crippen molar-refractivity contribution in [2.45, 2.75) is 26.3 Å². The zero-order valence-corrected chi connectivity index (χ0v) is 13.8. The fraction of sp³-hybridized carbons (Fsp3) is 0.444. The van der Waals surface area contributed by atoms with E-state index in [0.717, 1.165) is 38.3 Å². The van der Waals surface area contributed by atoms with Crippen molar-refractivity contribution in [1.29, 1.82) is 0 Å². The summed E-state index contributed by atoms with van der Waals surface area (Å²) >= 11 is 0. The summed E-state index contributed by atoms with van der Waals surface area (Å²) in [5.74, 6) is 0.633. The molecule has 0 unspecified atom stereocenters. The van der Waals surface area contributed by atoms with Gasteiger partial charge in [-0.2, -0.15) is 5.10 Å². The number of H-pyrrole nitrogens is 1. The van der Waals surface area contributed by atoms with Crippen molar-refractivity contribution in [1.82, 2.24) is 20.0 Å². The Morgan fingerprint density at radius 3 is 2.43 bits per heavy atom. The van der Waals surface area contributed by atoms with E-state index in [2.05, 4.69) is 41.1 Å². The number of aromatic nitrogens is 2. The quantitative estimate of drug-likeness (QED) is 0.943. The molecule has 2 aromatic rings. The van der Waals surface area contributed by atoms with Gasteiger partial charge in [-0.15, -0.1) is 0 Å². The van der Waals surface area contributed by atoms with Crippen LogP contribution >= 0.6 is 0 Å². The van der Waals surface area contributed by atoms with Crippen LogP contribution < -0.4 is 0 Å². The lowest BCUT2D eigenvalue weighted by Crippen LogP contribution is -2.48. The average molecular weight is 312 g/mol. The Hall–Kier alpha value is -2.14. The van der Waals surface area contributed by atoms with Gasteiger partial charge in [-0.05, 0) is 23.6 Å². The molecule has 0 spiro atoms. The Morgan fingerprint density at radius 1 is 1.17 bits per heavy atom. The number of benzene rings is 1. The molecule has 5 heteroatoms. The predicted molar refractivity (Wildman–Crippen MR) is 90.3 cm³/mol. The molecule has 122 valence electrons. The first-order valence-corrected chi connectivity index (χ1v) is 8.22. The van der Waals surface area contributed by atoms with Crippen molar-refractivity contribution >= 4 is 5.91 Å². The highest BCUT2D eigenvalue weighted by Crippen LogP contribution is 2.16. The summed E-state index contributed by atoms with van der Waals surface area (Å²) in [5.41, 5.74) is 3.25. The van der Waals surface area contributed by atoms with Crippen LogP contribution in [0.1, 0.15) is 41.3 Å². The van der Waals surface area contributed by atoms with Crippen molar-refractivity contribution in [2.75, 3.05) is 26.2 Å². The number of carbonyl (C=O) groups is 1. The minimum atomic E-state index is 0.142. The topological polar surface area (TPSA) is 52.2 Å². The van der Waals surface area contributed by atoms with Crippen molar-refractivity contribution in [3.05, 3.63) is 53.3 Å². The van der Waals surface area contributed by atoms with E-state index in [-0.39, 0.29) is 5.91 Å². The third kappa shape index (κ3) is 3.79. The van der Waals surface area contributed by atoms with Gasteiger partial charge >= 0.3 is 0 Å². The SMILES string of the molecule is CC(C)c1ccc(C(=O)N2CCN(Cc3cn[nH]c3)CC2)cc1. The minimum absolute atomic E-state index is 0.142. The summed E-state index contributed by atoms with van der Waals surface area (Å²) < 4.78 is 0. The summed E-state index contributed by atoms with van der Waals surface area (Å²) in [4.78, 5) is 16.9. The Kier molecular flexibility index (Phi) is 4.76. The molecule has 1 aromatic carbocycles. The number of nitrogens with one attached hydrogen (secondary N) is 1. The van der Waals surface area contributed by atoms with Crippen LogP contribution in [0.5, 0.6) is 0 Å². The highest BCUT2D eigenvalue weighted by atomic mass is 16.2. The number of aromatic amines is 1. The molecular weight excluding hydrogens is 288 g/mol. The maximum Gasteiger partial charge on any atom is 0.253 e. The predicted octanol–water partition coefficient (Wildman–Crippen LogP) is 2.49. The second kappa shape index (κ2) is 6.96. The van der Waals surface area contributed by atoms with Crippen molar-refractivity contribution in [3.63, 3.8) is 0 Å². The Morgan fingerprint density at radius 2 is 1.87 bits per heavy atom. The van der Waals surface area contributed by atoms with Crippen LogP contribution in [-0.4, -0.2) is 52.1 Å². The fourth-order valence-electron chi connectivity index (χ4n) is 2.92. The molecule has 1 aromatic heterocycles. The molecule has 0 radical (unpaired) electrons. The van der Waals surface area contributed by atoms with E-state index in [1.54, 1.807) is 0 Å². The van der Waals surface area contributed by atoms with Gasteiger partial charge in [-0.25, -0.2) is 0 Å². The fourth-order valence-corrected chi connectivity index (χ4v) is 2.92. The van der Waals surface area contributed by atoms with Crippen LogP contribution in [0, 0.1) is 0 Å². The zero-order valence-electron chi connectivity index (χ0n) is 13.8. The second-order valence-corrected chi connectivity index (χ2v) is 6.45. The Bertz CT molecular complexity index is 626. The minimum Gasteiger partial charge on any atom is -0.336 e. The Balaban J connectivity index is 1.55. The van der Waals surface area contributed by atoms with Gasteiger partial charge < -0.3 is 4.90 Å². The first-order chi connectivity index (χ1) is 11.1. The zero-order chi connectivity index (χ0) is 16.2. The maximum atomic E-state index is 12.6. The molecule has 1 amide bonds. The number of carbonyl (C=O) groups excluding carboxylic acids is 1. The molecule has 0 saturated carbocycles. The second-order valence-electron chi connectivity index (χ2n) is 6.45. The van der Waals surface area contributed by atoms with Crippen LogP contribution in [0.2, 0.25) is 0 Å². The lowest BCUT2D eigenvalue weighted by molar-refractivity contribution is 0.0628. The number of piperazine rings is 1. The van der Waals surface area contributed by atoms with Crippen LogP contribution in [0.15, 0.2) is 36.7 Å². The standard InChI is InChI=1S/C18H24N4O/c1-14(2)16-3-5-17(6-4-16)18(23)22-9-7-21(8-10-22)13-15-11-19-20-12-15/h3-6,11-12,14H,7-10,13H2,1-2H3,(H,19,20). The van der Waals surface area contributed by atoms with E-state index in [1.165, 1.54) is 11.1 Å². The molecule has 1 aliphatic rings. The summed E-state index contributed by atoms with van der Waals surface area (Å²) in [7, 11) is 0. The average Bonchev–Trinajstić information content (AvgIpc) is 3.08. The van der Waals surface area contributed by atoms with E-state index >= 15 is 0 Å². The molecule has 1 aliphatic heterocycles. The highest BCUT2D eigenvalue weighted by molar-refractivity contribution is 5.94. The highest BCUT2D eigenvalue weighted by Gasteiger charge is 2.22. The summed E-state index contributed by atoms with van der Waals surface area (Å²) in [6.07, 6.45) is 3.78. The first-order valence-electron chi connectivity index (χ1n) is 8.22. The number of hydrogen-bond acceptors (Lipinski definition) is 3. The van der Waals surface area contributed by atoms with Gasteiger partial charge in [-0.1, -0.05) is 26.0 Å². The van der Waals surface area contributed by atoms with Gasteiger partial charge in [-0.3, -0.25) is 14.8 Å². The monoisotopic (exact) mass is 312 g/mol. The number of amides is 1. The van der Waals surface area contributed by atoms with E-state index in [9.17, 15) is 4.79 Å². The maximum absolute atomic E-state index is 12.6. The molecule has 23 heavy (non-hydrogen) atoms. The Labute approximate surface area is 137 Å². The van der Waals surface area contributed by atoms with E-state index < -0.39 is 0 Å². The van der Waals surface area contributed by atoms with E-state index in [4.69, 9.17) is 0 Å². The van der Waals surface area contributed by atoms with Gasteiger partial charge in [0.2, 0.25) is 0 Å². The van der Waals surface area contributed by atoms with Crippen molar-refractivity contribution in [3.8, 4) is 0 Å². The normalized spacial score (nSPS) is 16.0. The van der Waals surface area contributed by atoms with Crippen molar-refractivity contribution in [2.24, 2.45) is 0 Å². The molecule has 0 atom stereocenters. The number of hydrogen-bond donors (Lipinski definition) is 1.